The van der Waals surface area contributed by atoms with Crippen LogP contribution in [0.3, 0.4) is 0 Å². The molecular weight excluding hydrogens is 353 g/mol. The van der Waals surface area contributed by atoms with Crippen LogP contribution in [0.25, 0.3) is 23.2 Å². The van der Waals surface area contributed by atoms with Gasteiger partial charge in [0.25, 0.3) is 5.91 Å². The molecule has 0 radical (unpaired) electrons. The summed E-state index contributed by atoms with van der Waals surface area (Å²) in [7, 11) is 0. The van der Waals surface area contributed by atoms with Crippen LogP contribution >= 0.6 is 0 Å². The molecule has 0 aliphatic carbocycles. The molecule has 1 aromatic carbocycles. The van der Waals surface area contributed by atoms with E-state index in [2.05, 4.69) is 20.5 Å². The Morgan fingerprint density at radius 2 is 2.11 bits per heavy atom. The molecule has 0 fully saturated rings. The van der Waals surface area contributed by atoms with E-state index in [4.69, 9.17) is 10.8 Å². The number of carbonyl (C=O) groups excluding carboxylic acids is 2. The Balaban J connectivity index is 1.87. The number of carbonyl (C=O) groups is 2. The average Bonchev–Trinajstić information content (AvgIpc) is 3.06. The fourth-order valence-electron chi connectivity index (χ4n) is 2.39. The van der Waals surface area contributed by atoms with E-state index in [0.717, 1.165) is 0 Å². The van der Waals surface area contributed by atoms with E-state index in [1.54, 1.807) is 30.4 Å². The number of pyridine rings is 1. The zero-order valence-corrected chi connectivity index (χ0v) is 14.0. The third-order valence-corrected chi connectivity index (χ3v) is 3.78. The molecule has 138 valence electrons. The maximum Gasteiger partial charge on any atom is 0.270 e. The van der Waals surface area contributed by atoms with Gasteiger partial charge >= 0.3 is 0 Å². The fourth-order valence-corrected chi connectivity index (χ4v) is 2.39. The number of hydrogen-bond acceptors (Lipinski definition) is 5. The molecule has 0 aliphatic rings. The predicted molar refractivity (Wildman–Crippen MR) is 96.8 cm³/mol. The molecule has 2 heterocycles. The van der Waals surface area contributed by atoms with Crippen LogP contribution < -0.4 is 11.1 Å². The summed E-state index contributed by atoms with van der Waals surface area (Å²) in [4.78, 5) is 27.6. The van der Waals surface area contributed by atoms with Crippen LogP contribution in [0, 0.1) is 5.82 Å². The highest BCUT2D eigenvalue weighted by atomic mass is 19.1. The van der Waals surface area contributed by atoms with Crippen molar-refractivity contribution in [3.8, 4) is 0 Å². The fraction of sp³-hybridized carbons (Fsp3) is 0.111. The first-order chi connectivity index (χ1) is 13.0. The van der Waals surface area contributed by atoms with Crippen LogP contribution in [-0.2, 0) is 4.79 Å². The van der Waals surface area contributed by atoms with Gasteiger partial charge in [-0.05, 0) is 35.9 Å². The second-order valence-electron chi connectivity index (χ2n) is 5.70. The van der Waals surface area contributed by atoms with Gasteiger partial charge in [0, 0.05) is 0 Å². The molecule has 0 saturated carbocycles. The lowest BCUT2D eigenvalue weighted by molar-refractivity contribution is -0.120. The Labute approximate surface area is 152 Å². The maximum absolute atomic E-state index is 13.3. The van der Waals surface area contributed by atoms with Crippen molar-refractivity contribution in [2.24, 2.45) is 5.73 Å². The van der Waals surface area contributed by atoms with Crippen LogP contribution in [0.1, 0.15) is 21.7 Å². The number of aliphatic hydroxyl groups excluding tert-OH is 1. The van der Waals surface area contributed by atoms with Gasteiger partial charge in [-0.1, -0.05) is 18.2 Å². The summed E-state index contributed by atoms with van der Waals surface area (Å²) in [6, 6.07) is 7.91. The van der Waals surface area contributed by atoms with E-state index in [-0.39, 0.29) is 11.5 Å². The number of amides is 2. The number of benzene rings is 1. The first-order valence-electron chi connectivity index (χ1n) is 7.97. The minimum Gasteiger partial charge on any atom is -0.394 e. The van der Waals surface area contributed by atoms with Crippen molar-refractivity contribution >= 4 is 35.0 Å². The number of rotatable bonds is 6. The molecule has 1 unspecified atom stereocenters. The Morgan fingerprint density at radius 3 is 2.81 bits per heavy atom. The lowest BCUT2D eigenvalue weighted by atomic mass is 10.2. The van der Waals surface area contributed by atoms with E-state index < -0.39 is 24.5 Å². The molecule has 27 heavy (non-hydrogen) atoms. The van der Waals surface area contributed by atoms with Gasteiger partial charge in [-0.3, -0.25) is 14.7 Å². The average molecular weight is 369 g/mol. The molecule has 0 aliphatic heterocycles. The van der Waals surface area contributed by atoms with Crippen molar-refractivity contribution in [3.63, 3.8) is 0 Å². The highest BCUT2D eigenvalue weighted by Gasteiger charge is 2.19. The number of primary amides is 1. The summed E-state index contributed by atoms with van der Waals surface area (Å²) < 4.78 is 13.3. The zero-order valence-electron chi connectivity index (χ0n) is 14.0. The molecule has 9 heteroatoms. The topological polar surface area (TPSA) is 134 Å². The third kappa shape index (κ3) is 4.15. The molecule has 0 spiro atoms. The zero-order chi connectivity index (χ0) is 19.4. The lowest BCUT2D eigenvalue weighted by Gasteiger charge is -2.11. The number of hydrogen-bond donors (Lipinski definition) is 4. The normalized spacial score (nSPS) is 12.4. The Morgan fingerprint density at radius 1 is 1.30 bits per heavy atom. The predicted octanol–water partition coefficient (Wildman–Crippen LogP) is 0.843. The standard InChI is InChI=1S/C18H16FN5O3/c19-11-3-1-2-10(8-11)4-5-12-16-13(24-23-12)6-7-14(21-16)18(27)22-15(9-25)17(20)26/h1-8,15,25H,9H2,(H2,20,26)(H,22,27)(H,23,24)/b5-4+. The van der Waals surface area contributed by atoms with Crippen LogP contribution in [0.2, 0.25) is 0 Å². The first kappa shape index (κ1) is 18.2. The molecule has 1 atom stereocenters. The van der Waals surface area contributed by atoms with E-state index in [0.29, 0.717) is 22.3 Å². The first-order valence-corrected chi connectivity index (χ1v) is 7.97. The Bertz CT molecular complexity index is 1030. The number of H-pyrrole nitrogens is 1. The number of aromatic nitrogens is 3. The molecule has 2 amide bonds. The molecule has 8 nitrogen and oxygen atoms in total. The summed E-state index contributed by atoms with van der Waals surface area (Å²) in [5.74, 6) is -1.86. The molecule has 3 rings (SSSR count). The summed E-state index contributed by atoms with van der Waals surface area (Å²) >= 11 is 0. The Hall–Kier alpha value is -3.59. The monoisotopic (exact) mass is 369 g/mol. The van der Waals surface area contributed by atoms with Crippen molar-refractivity contribution in [1.29, 1.82) is 0 Å². The van der Waals surface area contributed by atoms with E-state index >= 15 is 0 Å². The van der Waals surface area contributed by atoms with Crippen LogP contribution in [0.5, 0.6) is 0 Å². The van der Waals surface area contributed by atoms with Gasteiger partial charge in [0.15, 0.2) is 0 Å². The molecule has 0 bridgehead atoms. The lowest BCUT2D eigenvalue weighted by Crippen LogP contribution is -2.46. The van der Waals surface area contributed by atoms with Gasteiger partial charge in [0.2, 0.25) is 5.91 Å². The number of fused-ring (bicyclic) bond motifs is 1. The number of nitrogens with one attached hydrogen (secondary N) is 2. The Kier molecular flexibility index (Phi) is 5.23. The molecule has 2 aromatic heterocycles. The van der Waals surface area contributed by atoms with Crippen LogP contribution in [-0.4, -0.2) is 44.8 Å². The van der Waals surface area contributed by atoms with Gasteiger partial charge < -0.3 is 16.2 Å². The highest BCUT2D eigenvalue weighted by molar-refractivity contribution is 5.98. The van der Waals surface area contributed by atoms with Gasteiger partial charge in [-0.25, -0.2) is 9.37 Å². The summed E-state index contributed by atoms with van der Waals surface area (Å²) in [6.07, 6.45) is 3.31. The van der Waals surface area contributed by atoms with Gasteiger partial charge in [-0.2, -0.15) is 5.10 Å². The number of nitrogens with zero attached hydrogens (tertiary/aromatic N) is 2. The smallest absolute Gasteiger partial charge is 0.270 e. The highest BCUT2D eigenvalue weighted by Crippen LogP contribution is 2.17. The number of nitrogens with two attached hydrogens (primary N) is 1. The van der Waals surface area contributed by atoms with E-state index in [9.17, 15) is 14.0 Å². The van der Waals surface area contributed by atoms with Crippen LogP contribution in [0.15, 0.2) is 36.4 Å². The summed E-state index contributed by atoms with van der Waals surface area (Å²) in [5.41, 5.74) is 7.25. The maximum atomic E-state index is 13.3. The van der Waals surface area contributed by atoms with Crippen molar-refractivity contribution in [1.82, 2.24) is 20.5 Å². The minimum atomic E-state index is -1.20. The summed E-state index contributed by atoms with van der Waals surface area (Å²) in [5, 5.41) is 18.3. The van der Waals surface area contributed by atoms with Crippen molar-refractivity contribution in [2.75, 3.05) is 6.61 Å². The minimum absolute atomic E-state index is 0.0315. The van der Waals surface area contributed by atoms with Crippen molar-refractivity contribution in [3.05, 3.63) is 59.2 Å². The number of aliphatic hydroxyl groups is 1. The summed E-state index contributed by atoms with van der Waals surface area (Å²) in [6.45, 7) is -0.614. The van der Waals surface area contributed by atoms with Gasteiger partial charge in [-0.15, -0.1) is 0 Å². The largest absolute Gasteiger partial charge is 0.394 e. The third-order valence-electron chi connectivity index (χ3n) is 3.78. The molecule has 0 saturated heterocycles. The van der Waals surface area contributed by atoms with E-state index in [1.807, 2.05) is 0 Å². The second-order valence-corrected chi connectivity index (χ2v) is 5.70. The SMILES string of the molecule is NC(=O)C(CO)NC(=O)c1ccc2[nH]nc(/C=C/c3cccc(F)c3)c2n1. The molecule has 3 aromatic rings. The molecular formula is C18H16FN5O3. The number of aromatic amines is 1. The van der Waals surface area contributed by atoms with Crippen molar-refractivity contribution < 1.29 is 19.1 Å². The molecule has 5 N–H and O–H groups in total. The quantitative estimate of drug-likeness (QED) is 0.511. The van der Waals surface area contributed by atoms with Crippen LogP contribution in [0.4, 0.5) is 4.39 Å². The number of halogens is 1. The van der Waals surface area contributed by atoms with Gasteiger partial charge in [0.05, 0.1) is 12.1 Å². The van der Waals surface area contributed by atoms with Gasteiger partial charge in [0.1, 0.15) is 28.8 Å². The van der Waals surface area contributed by atoms with Crippen molar-refractivity contribution in [2.45, 2.75) is 6.04 Å². The second kappa shape index (κ2) is 7.75. The van der Waals surface area contributed by atoms with E-state index in [1.165, 1.54) is 18.2 Å².